The number of benzene rings is 3. The van der Waals surface area contributed by atoms with Crippen molar-refractivity contribution in [1.29, 1.82) is 0 Å². The molecule has 0 spiro atoms. The number of aryl methyl sites for hydroxylation is 2. The minimum absolute atomic E-state index is 0.1000. The maximum atomic E-state index is 11.4. The number of hydrogen-bond donors (Lipinski definition) is 2. The summed E-state index contributed by atoms with van der Waals surface area (Å²) in [6.07, 6.45) is 0.964. The summed E-state index contributed by atoms with van der Waals surface area (Å²) in [5, 5.41) is 16.2. The van der Waals surface area contributed by atoms with Gasteiger partial charge in [0, 0.05) is 23.0 Å². The van der Waals surface area contributed by atoms with Crippen molar-refractivity contribution < 1.29 is 5.11 Å². The van der Waals surface area contributed by atoms with Crippen LogP contribution < -0.4 is 10.6 Å². The third kappa shape index (κ3) is 5.54. The van der Waals surface area contributed by atoms with Crippen LogP contribution in [0.1, 0.15) is 68.9 Å². The van der Waals surface area contributed by atoms with Crippen LogP contribution in [0.3, 0.4) is 0 Å². The van der Waals surface area contributed by atoms with Crippen LogP contribution in [0.15, 0.2) is 60.7 Å². The summed E-state index contributed by atoms with van der Waals surface area (Å²) in [6, 6.07) is 21.5. The zero-order valence-electron chi connectivity index (χ0n) is 20.6. The summed E-state index contributed by atoms with van der Waals surface area (Å²) in [4.78, 5) is 0. The first-order valence-electron chi connectivity index (χ1n) is 11.5. The summed E-state index contributed by atoms with van der Waals surface area (Å²) >= 11 is 0. The highest BCUT2D eigenvalue weighted by Gasteiger charge is 2.32. The highest BCUT2D eigenvalue weighted by molar-refractivity contribution is 7.48. The highest BCUT2D eigenvalue weighted by atomic mass is 31.1. The molecule has 0 radical (unpaired) electrons. The number of aromatic hydroxyl groups is 1. The molecule has 0 bridgehead atoms. The molecule has 0 aromatic heterocycles. The van der Waals surface area contributed by atoms with Gasteiger partial charge in [-0.25, -0.2) is 0 Å². The lowest BCUT2D eigenvalue weighted by Gasteiger charge is -2.33. The highest BCUT2D eigenvalue weighted by Crippen LogP contribution is 2.50. The molecule has 2 N–H and O–H groups in total. The van der Waals surface area contributed by atoms with Crippen LogP contribution in [0.2, 0.25) is 0 Å². The van der Waals surface area contributed by atoms with Gasteiger partial charge in [-0.3, -0.25) is 0 Å². The number of hydrogen-bond acceptors (Lipinski definition) is 2. The van der Waals surface area contributed by atoms with Crippen molar-refractivity contribution in [2.75, 3.05) is 5.32 Å². The Balaban J connectivity index is 1.99. The van der Waals surface area contributed by atoms with Gasteiger partial charge >= 0.3 is 0 Å². The van der Waals surface area contributed by atoms with Crippen molar-refractivity contribution in [3.05, 3.63) is 88.5 Å². The molecule has 32 heavy (non-hydrogen) atoms. The Morgan fingerprint density at radius 2 is 1.50 bits per heavy atom. The number of para-hydroxylation sites is 1. The monoisotopic (exact) mass is 447 g/mol. The first-order valence-corrected chi connectivity index (χ1v) is 12.5. The summed E-state index contributed by atoms with van der Waals surface area (Å²) in [5.74, 6) is 0.469. The largest absolute Gasteiger partial charge is 0.507 e. The van der Waals surface area contributed by atoms with Crippen molar-refractivity contribution in [1.82, 2.24) is 0 Å². The molecule has 0 aliphatic carbocycles. The van der Waals surface area contributed by atoms with E-state index in [1.807, 2.05) is 6.07 Å². The van der Waals surface area contributed by atoms with Gasteiger partial charge in [0.05, 0.1) is 0 Å². The van der Waals surface area contributed by atoms with Gasteiger partial charge in [0.1, 0.15) is 5.75 Å². The average molecular weight is 448 g/mol. The van der Waals surface area contributed by atoms with Gasteiger partial charge in [-0.05, 0) is 54.2 Å². The van der Waals surface area contributed by atoms with E-state index in [4.69, 9.17) is 0 Å². The minimum atomic E-state index is -0.132. The molecule has 0 heterocycles. The first-order chi connectivity index (χ1) is 15.0. The second kappa shape index (κ2) is 9.67. The Hall–Kier alpha value is -2.31. The molecule has 2 atom stereocenters. The van der Waals surface area contributed by atoms with Crippen LogP contribution in [-0.2, 0) is 17.1 Å². The quantitative estimate of drug-likeness (QED) is 0.367. The Morgan fingerprint density at radius 3 is 2.12 bits per heavy atom. The molecule has 0 aliphatic heterocycles. The molecule has 170 valence electrons. The predicted octanol–water partition coefficient (Wildman–Crippen LogP) is 7.55. The molecule has 3 aromatic rings. The third-order valence-corrected chi connectivity index (χ3v) is 8.22. The Labute approximate surface area is 196 Å². The van der Waals surface area contributed by atoms with Gasteiger partial charge in [-0.2, -0.15) is 0 Å². The van der Waals surface area contributed by atoms with Gasteiger partial charge < -0.3 is 10.4 Å². The Morgan fingerprint density at radius 1 is 0.844 bits per heavy atom. The third-order valence-electron chi connectivity index (χ3n) is 6.29. The predicted molar refractivity (Wildman–Crippen MR) is 142 cm³/mol. The maximum Gasteiger partial charge on any atom is 0.123 e. The molecular formula is C29H38NOP. The van der Waals surface area contributed by atoms with Gasteiger partial charge in [-0.15, -0.1) is 0 Å². The minimum Gasteiger partial charge on any atom is -0.507 e. The molecule has 0 amide bonds. The molecular weight excluding hydrogens is 409 g/mol. The number of phenols is 1. The normalized spacial score (nSPS) is 14.0. The molecule has 0 fully saturated rings. The van der Waals surface area contributed by atoms with E-state index in [0.29, 0.717) is 14.3 Å². The SMILES string of the molecule is CCC(C)(Pc1ccc(C)cc1CNc1ccccc1)c1cc(C)cc(C(C)(C)C)c1O. The van der Waals surface area contributed by atoms with Gasteiger partial charge in [0.15, 0.2) is 0 Å². The average Bonchev–Trinajstić information content (AvgIpc) is 2.75. The standard InChI is InChI=1S/C29H38NOP/c1-8-29(7,25-18-21(3)17-24(27(25)31)28(4,5)6)32-26-15-14-20(2)16-22(26)19-30-23-12-10-9-11-13-23/h9-18,30-32H,8,19H2,1-7H3. The zero-order chi connectivity index (χ0) is 23.5. The van der Waals surface area contributed by atoms with E-state index in [9.17, 15) is 5.11 Å². The van der Waals surface area contributed by atoms with Gasteiger partial charge in [-0.1, -0.05) is 103 Å². The van der Waals surface area contributed by atoms with E-state index in [2.05, 4.69) is 108 Å². The maximum absolute atomic E-state index is 11.4. The smallest absolute Gasteiger partial charge is 0.123 e. The van der Waals surface area contributed by atoms with E-state index >= 15 is 0 Å². The van der Waals surface area contributed by atoms with Crippen molar-refractivity contribution in [3.63, 3.8) is 0 Å². The van der Waals surface area contributed by atoms with Gasteiger partial charge in [0.2, 0.25) is 0 Å². The van der Waals surface area contributed by atoms with Crippen LogP contribution in [-0.4, -0.2) is 5.11 Å². The zero-order valence-corrected chi connectivity index (χ0v) is 21.6. The van der Waals surface area contributed by atoms with Crippen molar-refractivity contribution >= 4 is 19.6 Å². The first kappa shape index (κ1) is 24.3. The molecule has 2 unspecified atom stereocenters. The van der Waals surface area contributed by atoms with E-state index in [-0.39, 0.29) is 10.6 Å². The van der Waals surface area contributed by atoms with Crippen molar-refractivity contribution in [2.24, 2.45) is 0 Å². The lowest BCUT2D eigenvalue weighted by molar-refractivity contribution is 0.430. The van der Waals surface area contributed by atoms with Crippen molar-refractivity contribution in [3.8, 4) is 5.75 Å². The fraction of sp³-hybridized carbons (Fsp3) is 0.379. The van der Waals surface area contributed by atoms with Crippen LogP contribution in [0.5, 0.6) is 5.75 Å². The van der Waals surface area contributed by atoms with Crippen LogP contribution in [0, 0.1) is 13.8 Å². The molecule has 3 heteroatoms. The summed E-state index contributed by atoms with van der Waals surface area (Å²) in [5.41, 5.74) is 6.95. The topological polar surface area (TPSA) is 32.3 Å². The lowest BCUT2D eigenvalue weighted by atomic mass is 9.82. The van der Waals surface area contributed by atoms with E-state index < -0.39 is 0 Å². The van der Waals surface area contributed by atoms with Crippen LogP contribution in [0.4, 0.5) is 5.69 Å². The fourth-order valence-corrected chi connectivity index (χ4v) is 5.74. The fourth-order valence-electron chi connectivity index (χ4n) is 4.16. The van der Waals surface area contributed by atoms with Crippen LogP contribution >= 0.6 is 8.58 Å². The van der Waals surface area contributed by atoms with E-state index in [0.717, 1.165) is 29.8 Å². The summed E-state index contributed by atoms with van der Waals surface area (Å²) < 4.78 is 0. The van der Waals surface area contributed by atoms with Gasteiger partial charge in [0.25, 0.3) is 0 Å². The number of rotatable bonds is 7. The van der Waals surface area contributed by atoms with E-state index in [1.54, 1.807) is 0 Å². The number of nitrogens with one attached hydrogen (secondary N) is 1. The summed E-state index contributed by atoms with van der Waals surface area (Å²) in [6.45, 7) is 16.1. The molecule has 0 saturated carbocycles. The molecule has 3 aromatic carbocycles. The molecule has 0 aliphatic rings. The second-order valence-corrected chi connectivity index (χ2v) is 12.0. The Bertz CT molecular complexity index is 1070. The molecule has 2 nitrogen and oxygen atoms in total. The van der Waals surface area contributed by atoms with Crippen LogP contribution in [0.25, 0.3) is 0 Å². The molecule has 0 saturated heterocycles. The second-order valence-electron chi connectivity index (χ2n) is 10.1. The Kier molecular flexibility index (Phi) is 7.36. The van der Waals surface area contributed by atoms with Crippen molar-refractivity contribution in [2.45, 2.75) is 72.0 Å². The van der Waals surface area contributed by atoms with E-state index in [1.165, 1.54) is 22.0 Å². The molecule has 3 rings (SSSR count). The number of anilines is 1. The lowest BCUT2D eigenvalue weighted by Crippen LogP contribution is -2.23. The summed E-state index contributed by atoms with van der Waals surface area (Å²) in [7, 11) is 0.561. The number of phenolic OH excluding ortho intramolecular Hbond substituents is 1.